The second-order valence-corrected chi connectivity index (χ2v) is 9.54. The summed E-state index contributed by atoms with van der Waals surface area (Å²) in [5, 5.41) is 10.3. The predicted octanol–water partition coefficient (Wildman–Crippen LogP) is 5.67. The van der Waals surface area contributed by atoms with E-state index in [1.807, 2.05) is 13.8 Å². The van der Waals surface area contributed by atoms with E-state index in [4.69, 9.17) is 14.2 Å². The lowest BCUT2D eigenvalue weighted by Gasteiger charge is -2.21. The van der Waals surface area contributed by atoms with E-state index in [2.05, 4.69) is 18.8 Å². The van der Waals surface area contributed by atoms with Crippen LogP contribution in [-0.4, -0.2) is 41.3 Å². The average molecular weight is 437 g/mol. The van der Waals surface area contributed by atoms with Gasteiger partial charge in [-0.15, -0.1) is 11.8 Å². The number of hydrogen-bond donors (Lipinski definition) is 1. The van der Waals surface area contributed by atoms with Crippen molar-refractivity contribution in [1.82, 2.24) is 0 Å². The number of ether oxygens (including phenoxy) is 3. The van der Waals surface area contributed by atoms with Gasteiger partial charge in [0, 0.05) is 19.3 Å². The summed E-state index contributed by atoms with van der Waals surface area (Å²) in [6.07, 6.45) is 14.4. The molecule has 5 heteroatoms. The van der Waals surface area contributed by atoms with Crippen LogP contribution in [-0.2, 0) is 19.0 Å². The second-order valence-electron chi connectivity index (χ2n) is 9.54. The van der Waals surface area contributed by atoms with Crippen molar-refractivity contribution in [2.24, 2.45) is 0 Å². The molecule has 2 heterocycles. The van der Waals surface area contributed by atoms with Crippen LogP contribution in [0.5, 0.6) is 0 Å². The van der Waals surface area contributed by atoms with Crippen molar-refractivity contribution in [1.29, 1.82) is 0 Å². The van der Waals surface area contributed by atoms with E-state index >= 15 is 0 Å². The number of carbonyl (C=O) groups is 1. The quantitative estimate of drug-likeness (QED) is 0.216. The van der Waals surface area contributed by atoms with Gasteiger partial charge in [0.1, 0.15) is 6.10 Å². The number of cyclic esters (lactones) is 1. The molecule has 0 aromatic carbocycles. The number of esters is 1. The van der Waals surface area contributed by atoms with Gasteiger partial charge in [-0.05, 0) is 46.0 Å². The Labute approximate surface area is 189 Å². The normalized spacial score (nSPS) is 25.8. The highest BCUT2D eigenvalue weighted by atomic mass is 16.7. The zero-order valence-electron chi connectivity index (χ0n) is 20.0. The molecule has 2 aliphatic rings. The Morgan fingerprint density at radius 1 is 0.968 bits per heavy atom. The number of unbranched alkanes of at least 4 members (excludes halogenated alkanes) is 8. The Bertz CT molecular complexity index is 576. The molecule has 0 amide bonds. The van der Waals surface area contributed by atoms with Crippen molar-refractivity contribution in [2.45, 2.75) is 147 Å². The third kappa shape index (κ3) is 10.4. The summed E-state index contributed by atoms with van der Waals surface area (Å²) in [4.78, 5) is 11.3. The van der Waals surface area contributed by atoms with Gasteiger partial charge in [0.25, 0.3) is 0 Å². The maximum Gasteiger partial charge on any atom is 0.306 e. The van der Waals surface area contributed by atoms with Crippen LogP contribution < -0.4 is 0 Å². The van der Waals surface area contributed by atoms with Gasteiger partial charge in [0.2, 0.25) is 0 Å². The Kier molecular flexibility index (Phi) is 11.9. The zero-order valence-corrected chi connectivity index (χ0v) is 20.0. The highest BCUT2D eigenvalue weighted by Crippen LogP contribution is 2.33. The van der Waals surface area contributed by atoms with E-state index in [-0.39, 0.29) is 24.3 Å². The molecule has 178 valence electrons. The summed E-state index contributed by atoms with van der Waals surface area (Å²) in [5.74, 6) is 5.79. The summed E-state index contributed by atoms with van der Waals surface area (Å²) in [5.41, 5.74) is 0. The van der Waals surface area contributed by atoms with Crippen LogP contribution in [0.4, 0.5) is 0 Å². The molecular weight excluding hydrogens is 392 g/mol. The molecule has 2 rings (SSSR count). The molecule has 2 fully saturated rings. The van der Waals surface area contributed by atoms with Crippen LogP contribution >= 0.6 is 0 Å². The number of aliphatic hydroxyl groups excluding tert-OH is 1. The van der Waals surface area contributed by atoms with Crippen LogP contribution in [0.1, 0.15) is 117 Å². The summed E-state index contributed by atoms with van der Waals surface area (Å²) in [6.45, 7) is 6.12. The van der Waals surface area contributed by atoms with Gasteiger partial charge in [-0.25, -0.2) is 0 Å². The van der Waals surface area contributed by atoms with Crippen LogP contribution in [0.15, 0.2) is 0 Å². The fourth-order valence-corrected chi connectivity index (χ4v) is 4.48. The van der Waals surface area contributed by atoms with E-state index in [0.717, 1.165) is 19.3 Å². The van der Waals surface area contributed by atoms with E-state index in [1.54, 1.807) is 0 Å². The van der Waals surface area contributed by atoms with Gasteiger partial charge >= 0.3 is 5.97 Å². The van der Waals surface area contributed by atoms with Crippen molar-refractivity contribution >= 4 is 5.97 Å². The van der Waals surface area contributed by atoms with Crippen molar-refractivity contribution in [3.8, 4) is 11.8 Å². The molecule has 1 N–H and O–H groups in total. The summed E-state index contributed by atoms with van der Waals surface area (Å²) < 4.78 is 17.3. The molecule has 2 saturated heterocycles. The van der Waals surface area contributed by atoms with Crippen molar-refractivity contribution in [2.75, 3.05) is 0 Å². The van der Waals surface area contributed by atoms with Crippen LogP contribution in [0.25, 0.3) is 0 Å². The molecule has 0 spiro atoms. The summed E-state index contributed by atoms with van der Waals surface area (Å²) in [7, 11) is 0. The highest BCUT2D eigenvalue weighted by molar-refractivity contribution is 5.71. The molecule has 0 bridgehead atoms. The third-order valence-corrected chi connectivity index (χ3v) is 6.21. The first-order valence-electron chi connectivity index (χ1n) is 12.6. The molecule has 0 saturated carbocycles. The first kappa shape index (κ1) is 26.2. The van der Waals surface area contributed by atoms with Crippen LogP contribution in [0.3, 0.4) is 0 Å². The van der Waals surface area contributed by atoms with Crippen LogP contribution in [0, 0.1) is 11.8 Å². The van der Waals surface area contributed by atoms with Crippen molar-refractivity contribution in [3.63, 3.8) is 0 Å². The van der Waals surface area contributed by atoms with Gasteiger partial charge in [-0.3, -0.25) is 4.79 Å². The number of carbonyl (C=O) groups excluding carboxylic acids is 1. The molecule has 31 heavy (non-hydrogen) atoms. The standard InChI is InChI=1S/C26H44O5/c1-4-5-6-7-8-9-10-11-12-13-14-15-16-23-24(31-26(2,3)30-23)18-17-21(27)22-19-20-25(28)29-22/h21-24,27H,4-12,15-20H2,1-3H3/t21-,22-,23-,24-/m1/s1. The minimum Gasteiger partial charge on any atom is -0.460 e. The van der Waals surface area contributed by atoms with Gasteiger partial charge in [-0.1, -0.05) is 51.9 Å². The molecule has 4 atom stereocenters. The van der Waals surface area contributed by atoms with Gasteiger partial charge in [0.15, 0.2) is 5.79 Å². The minimum absolute atomic E-state index is 0.00857. The van der Waals surface area contributed by atoms with Gasteiger partial charge < -0.3 is 19.3 Å². The molecule has 0 unspecified atom stereocenters. The molecule has 0 aromatic heterocycles. The highest BCUT2D eigenvalue weighted by Gasteiger charge is 2.41. The van der Waals surface area contributed by atoms with Gasteiger partial charge in [0.05, 0.1) is 18.3 Å². The SMILES string of the molecule is CCCCCCCCCCC#CCC[C@H]1OC(C)(C)O[C@@H]1CC[C@@H](O)[C@H]1CCC(=O)O1. The number of aliphatic hydroxyl groups is 1. The Morgan fingerprint density at radius 2 is 1.58 bits per heavy atom. The van der Waals surface area contributed by atoms with E-state index in [9.17, 15) is 9.90 Å². The topological polar surface area (TPSA) is 65.0 Å². The molecule has 5 nitrogen and oxygen atoms in total. The van der Waals surface area contributed by atoms with E-state index in [1.165, 1.54) is 51.4 Å². The lowest BCUT2D eigenvalue weighted by molar-refractivity contribution is -0.148. The largest absolute Gasteiger partial charge is 0.460 e. The maximum atomic E-state index is 11.3. The average Bonchev–Trinajstić information content (AvgIpc) is 3.29. The minimum atomic E-state index is -0.633. The van der Waals surface area contributed by atoms with Gasteiger partial charge in [-0.2, -0.15) is 0 Å². The van der Waals surface area contributed by atoms with Crippen LogP contribution in [0.2, 0.25) is 0 Å². The smallest absolute Gasteiger partial charge is 0.306 e. The predicted molar refractivity (Wildman–Crippen MR) is 122 cm³/mol. The maximum absolute atomic E-state index is 11.3. The molecule has 0 aromatic rings. The Hall–Kier alpha value is -1.09. The monoisotopic (exact) mass is 436 g/mol. The second kappa shape index (κ2) is 14.1. The lowest BCUT2D eigenvalue weighted by Crippen LogP contribution is -2.29. The van der Waals surface area contributed by atoms with Crippen molar-refractivity contribution in [3.05, 3.63) is 0 Å². The number of hydrogen-bond acceptors (Lipinski definition) is 5. The lowest BCUT2D eigenvalue weighted by atomic mass is 9.99. The van der Waals surface area contributed by atoms with Crippen molar-refractivity contribution < 1.29 is 24.1 Å². The molecular formula is C26H44O5. The number of rotatable bonds is 14. The first-order valence-corrected chi connectivity index (χ1v) is 12.6. The zero-order chi connectivity index (χ0) is 22.5. The molecule has 0 aliphatic carbocycles. The molecule has 0 radical (unpaired) electrons. The summed E-state index contributed by atoms with van der Waals surface area (Å²) >= 11 is 0. The third-order valence-electron chi connectivity index (χ3n) is 6.21. The van der Waals surface area contributed by atoms with E-state index in [0.29, 0.717) is 25.7 Å². The first-order chi connectivity index (χ1) is 14.9. The van der Waals surface area contributed by atoms with E-state index < -0.39 is 11.9 Å². The Balaban J connectivity index is 1.60. The fourth-order valence-electron chi connectivity index (χ4n) is 4.48. The Morgan fingerprint density at radius 3 is 2.23 bits per heavy atom. The molecule has 2 aliphatic heterocycles. The fraction of sp³-hybridized carbons (Fsp3) is 0.885. The summed E-state index contributed by atoms with van der Waals surface area (Å²) in [6, 6.07) is 0.